The van der Waals surface area contributed by atoms with Crippen molar-refractivity contribution < 1.29 is 13.6 Å². The summed E-state index contributed by atoms with van der Waals surface area (Å²) in [5.74, 6) is -1.13. The number of carbonyl (C=O) groups excluding carboxylic acids is 1. The van der Waals surface area contributed by atoms with Gasteiger partial charge in [-0.05, 0) is 36.1 Å². The summed E-state index contributed by atoms with van der Waals surface area (Å²) in [5, 5.41) is 0.437. The van der Waals surface area contributed by atoms with Gasteiger partial charge in [-0.25, -0.2) is 8.78 Å². The first-order valence-corrected chi connectivity index (χ1v) is 7.94. The molecule has 0 aliphatic carbocycles. The monoisotopic (exact) mass is 361 g/mol. The standard InChI is InChI=1S/C19H14ClF2NO2/c1-10-3-5-13(17(20)18(10)22)16-14-9-11(21)4-6-12(14)19(25)23(2)15(16)7-8-24/h3-6,8-9H,7H2,1-2H3. The normalized spacial score (nSPS) is 11.1. The van der Waals surface area contributed by atoms with Crippen molar-refractivity contribution in [2.75, 3.05) is 0 Å². The highest BCUT2D eigenvalue weighted by molar-refractivity contribution is 6.34. The number of hydrogen-bond acceptors (Lipinski definition) is 2. The molecule has 0 amide bonds. The maximum atomic E-state index is 14.3. The quantitative estimate of drug-likeness (QED) is 0.656. The van der Waals surface area contributed by atoms with E-state index >= 15 is 0 Å². The van der Waals surface area contributed by atoms with E-state index in [1.165, 1.54) is 29.8 Å². The molecule has 0 saturated heterocycles. The fourth-order valence-corrected chi connectivity index (χ4v) is 3.30. The molecule has 3 nitrogen and oxygen atoms in total. The van der Waals surface area contributed by atoms with E-state index in [9.17, 15) is 18.4 Å². The van der Waals surface area contributed by atoms with Crippen LogP contribution in [0.5, 0.6) is 0 Å². The van der Waals surface area contributed by atoms with Crippen molar-refractivity contribution in [1.29, 1.82) is 0 Å². The van der Waals surface area contributed by atoms with Crippen LogP contribution in [-0.2, 0) is 18.3 Å². The van der Waals surface area contributed by atoms with Crippen LogP contribution in [0.15, 0.2) is 35.1 Å². The Bertz CT molecular complexity index is 1070. The van der Waals surface area contributed by atoms with Crippen molar-refractivity contribution in [3.05, 3.63) is 68.6 Å². The van der Waals surface area contributed by atoms with Crippen LogP contribution in [0.3, 0.4) is 0 Å². The number of carbonyl (C=O) groups is 1. The number of rotatable bonds is 3. The number of nitrogens with zero attached hydrogens (tertiary/aromatic N) is 1. The molecule has 1 aromatic heterocycles. The first-order chi connectivity index (χ1) is 11.9. The first kappa shape index (κ1) is 17.3. The van der Waals surface area contributed by atoms with Gasteiger partial charge in [0.05, 0.1) is 5.02 Å². The minimum atomic E-state index is -0.588. The molecule has 1 heterocycles. The predicted molar refractivity (Wildman–Crippen MR) is 94.1 cm³/mol. The lowest BCUT2D eigenvalue weighted by atomic mass is 9.94. The number of aldehydes is 1. The van der Waals surface area contributed by atoms with Crippen LogP contribution in [0.2, 0.25) is 5.02 Å². The molecular weight excluding hydrogens is 348 g/mol. The van der Waals surface area contributed by atoms with Crippen LogP contribution >= 0.6 is 11.6 Å². The van der Waals surface area contributed by atoms with Gasteiger partial charge in [-0.15, -0.1) is 0 Å². The molecule has 3 aromatic rings. The topological polar surface area (TPSA) is 39.1 Å². The molecule has 0 radical (unpaired) electrons. The lowest BCUT2D eigenvalue weighted by Gasteiger charge is -2.18. The van der Waals surface area contributed by atoms with Crippen LogP contribution in [0.4, 0.5) is 8.78 Å². The lowest BCUT2D eigenvalue weighted by Crippen LogP contribution is -2.22. The van der Waals surface area contributed by atoms with Gasteiger partial charge < -0.3 is 9.36 Å². The third-order valence-electron chi connectivity index (χ3n) is 4.30. The second-order valence-electron chi connectivity index (χ2n) is 5.80. The molecule has 0 fully saturated rings. The Labute approximate surface area is 147 Å². The summed E-state index contributed by atoms with van der Waals surface area (Å²) in [6.07, 6.45) is 0.557. The predicted octanol–water partition coefficient (Wildman–Crippen LogP) is 4.19. The Morgan fingerprint density at radius 2 is 1.88 bits per heavy atom. The second-order valence-corrected chi connectivity index (χ2v) is 6.18. The second kappa shape index (κ2) is 6.41. The Kier molecular flexibility index (Phi) is 4.43. The minimum absolute atomic E-state index is 0.0840. The van der Waals surface area contributed by atoms with Gasteiger partial charge in [-0.1, -0.05) is 23.7 Å². The van der Waals surface area contributed by atoms with Crippen LogP contribution in [0.25, 0.3) is 21.9 Å². The smallest absolute Gasteiger partial charge is 0.258 e. The molecule has 3 rings (SSSR count). The highest BCUT2D eigenvalue weighted by Gasteiger charge is 2.20. The molecule has 25 heavy (non-hydrogen) atoms. The summed E-state index contributed by atoms with van der Waals surface area (Å²) < 4.78 is 29.5. The summed E-state index contributed by atoms with van der Waals surface area (Å²) in [7, 11) is 1.52. The number of halogens is 3. The van der Waals surface area contributed by atoms with E-state index in [-0.39, 0.29) is 22.4 Å². The number of benzene rings is 2. The van der Waals surface area contributed by atoms with Gasteiger partial charge in [0.1, 0.15) is 17.9 Å². The van der Waals surface area contributed by atoms with Crippen molar-refractivity contribution in [3.63, 3.8) is 0 Å². The third kappa shape index (κ3) is 2.74. The van der Waals surface area contributed by atoms with Crippen molar-refractivity contribution in [1.82, 2.24) is 4.57 Å². The van der Waals surface area contributed by atoms with E-state index in [2.05, 4.69) is 0 Å². The van der Waals surface area contributed by atoms with Gasteiger partial charge >= 0.3 is 0 Å². The van der Waals surface area contributed by atoms with Crippen LogP contribution in [-0.4, -0.2) is 10.9 Å². The largest absolute Gasteiger partial charge is 0.314 e. The van der Waals surface area contributed by atoms with Crippen molar-refractivity contribution in [3.8, 4) is 11.1 Å². The van der Waals surface area contributed by atoms with Crippen LogP contribution in [0, 0.1) is 18.6 Å². The number of aromatic nitrogens is 1. The van der Waals surface area contributed by atoms with E-state index in [0.717, 1.165) is 0 Å². The number of aryl methyl sites for hydroxylation is 1. The average molecular weight is 362 g/mol. The zero-order valence-corrected chi connectivity index (χ0v) is 14.3. The average Bonchev–Trinajstić information content (AvgIpc) is 2.59. The molecule has 0 atom stereocenters. The van der Waals surface area contributed by atoms with Gasteiger partial charge in [-0.2, -0.15) is 0 Å². The summed E-state index contributed by atoms with van der Waals surface area (Å²) in [6.45, 7) is 1.58. The molecule has 128 valence electrons. The summed E-state index contributed by atoms with van der Waals surface area (Å²) in [6, 6.07) is 6.93. The highest BCUT2D eigenvalue weighted by Crippen LogP contribution is 2.37. The van der Waals surface area contributed by atoms with E-state index in [4.69, 9.17) is 11.6 Å². The molecule has 0 aliphatic heterocycles. The van der Waals surface area contributed by atoms with E-state index in [1.54, 1.807) is 19.1 Å². The van der Waals surface area contributed by atoms with Gasteiger partial charge in [0.25, 0.3) is 5.56 Å². The zero-order valence-electron chi connectivity index (χ0n) is 13.6. The van der Waals surface area contributed by atoms with Gasteiger partial charge in [0, 0.05) is 35.7 Å². The van der Waals surface area contributed by atoms with Gasteiger partial charge in [-0.3, -0.25) is 4.79 Å². The molecule has 0 spiro atoms. The van der Waals surface area contributed by atoms with Crippen molar-refractivity contribution in [2.45, 2.75) is 13.3 Å². The zero-order chi connectivity index (χ0) is 18.3. The maximum Gasteiger partial charge on any atom is 0.258 e. The molecule has 0 aliphatic rings. The highest BCUT2D eigenvalue weighted by atomic mass is 35.5. The fraction of sp³-hybridized carbons (Fsp3) is 0.158. The number of pyridine rings is 1. The Morgan fingerprint density at radius 3 is 2.56 bits per heavy atom. The van der Waals surface area contributed by atoms with Crippen molar-refractivity contribution >= 4 is 28.7 Å². The van der Waals surface area contributed by atoms with E-state index < -0.39 is 11.6 Å². The number of hydrogen-bond donors (Lipinski definition) is 0. The van der Waals surface area contributed by atoms with Gasteiger partial charge in [0.15, 0.2) is 0 Å². The molecule has 0 N–H and O–H groups in total. The molecule has 6 heteroatoms. The third-order valence-corrected chi connectivity index (χ3v) is 4.67. The first-order valence-electron chi connectivity index (χ1n) is 7.56. The van der Waals surface area contributed by atoms with Crippen LogP contribution < -0.4 is 5.56 Å². The summed E-state index contributed by atoms with van der Waals surface area (Å²) in [5.41, 5.74) is 1.05. The Hall–Kier alpha value is -2.53. The molecule has 0 unspecified atom stereocenters. The molecular formula is C19H14ClF2NO2. The minimum Gasteiger partial charge on any atom is -0.314 e. The fourth-order valence-electron chi connectivity index (χ4n) is 2.99. The van der Waals surface area contributed by atoms with Gasteiger partial charge in [0.2, 0.25) is 0 Å². The number of fused-ring (bicyclic) bond motifs is 1. The molecule has 0 saturated carbocycles. The van der Waals surface area contributed by atoms with Crippen molar-refractivity contribution in [2.24, 2.45) is 7.05 Å². The summed E-state index contributed by atoms with van der Waals surface area (Å²) >= 11 is 6.19. The Morgan fingerprint density at radius 1 is 1.16 bits per heavy atom. The van der Waals surface area contributed by atoms with E-state index in [0.29, 0.717) is 34.1 Å². The molecule has 2 aromatic carbocycles. The SMILES string of the molecule is Cc1ccc(-c2c(CC=O)n(C)c(=O)c3ccc(F)cc23)c(Cl)c1F. The van der Waals surface area contributed by atoms with Crippen LogP contribution in [0.1, 0.15) is 11.3 Å². The summed E-state index contributed by atoms with van der Waals surface area (Å²) in [4.78, 5) is 23.7. The molecule has 0 bridgehead atoms. The Balaban J connectivity index is 2.56. The van der Waals surface area contributed by atoms with E-state index in [1.807, 2.05) is 0 Å². The maximum absolute atomic E-state index is 14.3. The lowest BCUT2D eigenvalue weighted by molar-refractivity contribution is -0.107.